The van der Waals surface area contributed by atoms with Crippen LogP contribution in [0.3, 0.4) is 0 Å². The third-order valence-corrected chi connectivity index (χ3v) is 5.77. The summed E-state index contributed by atoms with van der Waals surface area (Å²) in [6.45, 7) is 0.835. The van der Waals surface area contributed by atoms with Crippen LogP contribution in [-0.4, -0.2) is 58.3 Å². The van der Waals surface area contributed by atoms with Crippen LogP contribution in [0, 0.1) is 0 Å². The Balaban J connectivity index is 1.91. The van der Waals surface area contributed by atoms with E-state index in [-0.39, 0.29) is 17.3 Å². The summed E-state index contributed by atoms with van der Waals surface area (Å²) in [7, 11) is 2.95. The molecule has 0 saturated carbocycles. The van der Waals surface area contributed by atoms with Crippen molar-refractivity contribution in [2.45, 2.75) is 11.4 Å². The Labute approximate surface area is 160 Å². The van der Waals surface area contributed by atoms with Gasteiger partial charge in [-0.3, -0.25) is 9.69 Å². The topological polar surface area (TPSA) is 79.0 Å². The summed E-state index contributed by atoms with van der Waals surface area (Å²) < 4.78 is 30.4. The van der Waals surface area contributed by atoms with Crippen LogP contribution in [0.2, 0.25) is 0 Å². The van der Waals surface area contributed by atoms with Gasteiger partial charge in [0.05, 0.1) is 18.6 Å². The third kappa shape index (κ3) is 5.78. The van der Waals surface area contributed by atoms with E-state index in [1.165, 1.54) is 26.2 Å². The highest BCUT2D eigenvalue weighted by Gasteiger charge is 2.17. The van der Waals surface area contributed by atoms with Crippen molar-refractivity contribution in [3.63, 3.8) is 0 Å². The lowest BCUT2D eigenvalue weighted by molar-refractivity contribution is -0.117. The van der Waals surface area contributed by atoms with Crippen LogP contribution < -0.4 is 10.1 Å². The highest BCUT2D eigenvalue weighted by atomic mass is 32.2. The maximum atomic E-state index is 12.2. The second-order valence-electron chi connectivity index (χ2n) is 6.38. The number of nitrogens with zero attached hydrogens (tertiary/aromatic N) is 2. The van der Waals surface area contributed by atoms with Gasteiger partial charge in [-0.1, -0.05) is 12.1 Å². The minimum atomic E-state index is -3.48. The number of hydrogen-bond donors (Lipinski definition) is 1. The van der Waals surface area contributed by atoms with Crippen molar-refractivity contribution in [3.8, 4) is 5.75 Å². The zero-order valence-corrected chi connectivity index (χ0v) is 16.8. The lowest BCUT2D eigenvalue weighted by atomic mass is 10.2. The number of likely N-dealkylation sites (N-methyl/N-ethyl adjacent to an activating group) is 1. The van der Waals surface area contributed by atoms with E-state index in [2.05, 4.69) is 5.32 Å². The van der Waals surface area contributed by atoms with Crippen molar-refractivity contribution >= 4 is 21.6 Å². The molecule has 146 valence electrons. The standard InChI is InChI=1S/C19H25N3O4S/c1-21(2)27(24,25)18-11-7-16(8-12-18)20-19(23)14-22(3)13-15-5-9-17(26-4)10-6-15/h5-12H,13-14H2,1-4H3,(H,20,23). The number of nitrogens with one attached hydrogen (secondary N) is 1. The van der Waals surface area contributed by atoms with Crippen molar-refractivity contribution < 1.29 is 17.9 Å². The summed E-state index contributed by atoms with van der Waals surface area (Å²) in [5.74, 6) is 0.619. The number of amides is 1. The molecule has 2 rings (SSSR count). The van der Waals surface area contributed by atoms with Gasteiger partial charge >= 0.3 is 0 Å². The normalized spacial score (nSPS) is 11.6. The number of rotatable bonds is 8. The maximum absolute atomic E-state index is 12.2. The molecular weight excluding hydrogens is 366 g/mol. The number of anilines is 1. The number of methoxy groups -OCH3 is 1. The molecule has 7 nitrogen and oxygen atoms in total. The molecule has 1 N–H and O–H groups in total. The maximum Gasteiger partial charge on any atom is 0.242 e. The molecule has 0 atom stereocenters. The molecule has 0 aliphatic carbocycles. The van der Waals surface area contributed by atoms with Crippen LogP contribution in [0.1, 0.15) is 5.56 Å². The second kappa shape index (κ2) is 8.98. The molecule has 0 spiro atoms. The van der Waals surface area contributed by atoms with Crippen molar-refractivity contribution in [1.29, 1.82) is 0 Å². The first-order valence-corrected chi connectivity index (χ1v) is 9.80. The van der Waals surface area contributed by atoms with Crippen molar-refractivity contribution in [3.05, 3.63) is 54.1 Å². The lowest BCUT2D eigenvalue weighted by Crippen LogP contribution is -2.29. The molecule has 0 bridgehead atoms. The van der Waals surface area contributed by atoms with Crippen LogP contribution >= 0.6 is 0 Å². The van der Waals surface area contributed by atoms with Crippen LogP contribution in [0.4, 0.5) is 5.69 Å². The molecule has 0 heterocycles. The van der Waals surface area contributed by atoms with Crippen LogP contribution in [0.25, 0.3) is 0 Å². The molecule has 8 heteroatoms. The molecule has 0 fully saturated rings. The summed E-state index contributed by atoms with van der Waals surface area (Å²) in [6.07, 6.45) is 0. The van der Waals surface area contributed by atoms with Crippen molar-refractivity contribution in [1.82, 2.24) is 9.21 Å². The van der Waals surface area contributed by atoms with Gasteiger partial charge in [-0.25, -0.2) is 12.7 Å². The molecule has 0 aliphatic rings. The van der Waals surface area contributed by atoms with E-state index in [1.54, 1.807) is 19.2 Å². The average Bonchev–Trinajstić information content (AvgIpc) is 2.62. The number of benzene rings is 2. The predicted molar refractivity (Wildman–Crippen MR) is 105 cm³/mol. The molecule has 0 saturated heterocycles. The van der Waals surface area contributed by atoms with Gasteiger partial charge < -0.3 is 10.1 Å². The largest absolute Gasteiger partial charge is 0.497 e. The third-order valence-electron chi connectivity index (χ3n) is 3.94. The molecule has 0 unspecified atom stereocenters. The number of sulfonamides is 1. The van der Waals surface area contributed by atoms with E-state index in [0.717, 1.165) is 15.6 Å². The fourth-order valence-electron chi connectivity index (χ4n) is 2.47. The Bertz CT molecular complexity index is 863. The van der Waals surface area contributed by atoms with E-state index in [9.17, 15) is 13.2 Å². The highest BCUT2D eigenvalue weighted by molar-refractivity contribution is 7.89. The van der Waals surface area contributed by atoms with E-state index in [0.29, 0.717) is 12.2 Å². The van der Waals surface area contributed by atoms with E-state index >= 15 is 0 Å². The minimum absolute atomic E-state index is 0.172. The van der Waals surface area contributed by atoms with E-state index < -0.39 is 10.0 Å². The first kappa shape index (κ1) is 20.9. The lowest BCUT2D eigenvalue weighted by Gasteiger charge is -2.17. The molecule has 2 aromatic rings. The summed E-state index contributed by atoms with van der Waals surface area (Å²) in [5.41, 5.74) is 1.62. The Morgan fingerprint density at radius 2 is 1.59 bits per heavy atom. The van der Waals surface area contributed by atoms with Gasteiger partial charge in [-0.15, -0.1) is 0 Å². The van der Waals surface area contributed by atoms with Gasteiger partial charge in [-0.2, -0.15) is 0 Å². The number of carbonyl (C=O) groups excluding carboxylic acids is 1. The number of hydrogen-bond acceptors (Lipinski definition) is 5. The molecular formula is C19H25N3O4S. The van der Waals surface area contributed by atoms with Gasteiger partial charge in [-0.05, 0) is 49.0 Å². The summed E-state index contributed by atoms with van der Waals surface area (Å²) in [6, 6.07) is 13.8. The van der Waals surface area contributed by atoms with Crippen LogP contribution in [-0.2, 0) is 21.4 Å². The summed E-state index contributed by atoms with van der Waals surface area (Å²) in [4.78, 5) is 14.3. The van der Waals surface area contributed by atoms with Gasteiger partial charge in [0.25, 0.3) is 0 Å². The van der Waals surface area contributed by atoms with Gasteiger partial charge in [0.1, 0.15) is 5.75 Å². The molecule has 0 aromatic heterocycles. The second-order valence-corrected chi connectivity index (χ2v) is 8.53. The monoisotopic (exact) mass is 391 g/mol. The molecule has 2 aromatic carbocycles. The first-order chi connectivity index (χ1) is 12.7. The minimum Gasteiger partial charge on any atom is -0.497 e. The Morgan fingerprint density at radius 1 is 1.00 bits per heavy atom. The fraction of sp³-hybridized carbons (Fsp3) is 0.316. The van der Waals surface area contributed by atoms with Crippen molar-refractivity contribution in [2.75, 3.05) is 40.1 Å². The van der Waals surface area contributed by atoms with Gasteiger partial charge in [0.15, 0.2) is 0 Å². The molecule has 1 amide bonds. The highest BCUT2D eigenvalue weighted by Crippen LogP contribution is 2.17. The van der Waals surface area contributed by atoms with Gasteiger partial charge in [0, 0.05) is 26.3 Å². The Kier molecular flexibility index (Phi) is 6.95. The Hall–Kier alpha value is -2.42. The van der Waals surface area contributed by atoms with Crippen LogP contribution in [0.5, 0.6) is 5.75 Å². The average molecular weight is 391 g/mol. The summed E-state index contributed by atoms with van der Waals surface area (Å²) in [5, 5.41) is 2.78. The number of carbonyl (C=O) groups is 1. The molecule has 0 radical (unpaired) electrons. The number of ether oxygens (including phenoxy) is 1. The Morgan fingerprint density at radius 3 is 2.11 bits per heavy atom. The van der Waals surface area contributed by atoms with E-state index in [1.807, 2.05) is 36.2 Å². The fourth-order valence-corrected chi connectivity index (χ4v) is 3.37. The smallest absolute Gasteiger partial charge is 0.242 e. The van der Waals surface area contributed by atoms with Crippen LogP contribution in [0.15, 0.2) is 53.4 Å². The zero-order valence-electron chi connectivity index (χ0n) is 16.0. The summed E-state index contributed by atoms with van der Waals surface area (Å²) >= 11 is 0. The van der Waals surface area contributed by atoms with E-state index in [4.69, 9.17) is 4.74 Å². The molecule has 0 aliphatic heterocycles. The molecule has 27 heavy (non-hydrogen) atoms. The zero-order chi connectivity index (χ0) is 20.0. The SMILES string of the molecule is COc1ccc(CN(C)CC(=O)Nc2ccc(S(=O)(=O)N(C)C)cc2)cc1. The predicted octanol–water partition coefficient (Wildman–Crippen LogP) is 2.02. The quantitative estimate of drug-likeness (QED) is 0.745. The van der Waals surface area contributed by atoms with Gasteiger partial charge in [0.2, 0.25) is 15.9 Å². The first-order valence-electron chi connectivity index (χ1n) is 8.36. The van der Waals surface area contributed by atoms with Crippen molar-refractivity contribution in [2.24, 2.45) is 0 Å².